The molecule has 0 spiro atoms. The summed E-state index contributed by atoms with van der Waals surface area (Å²) in [6, 6.07) is 10.7. The number of hydrogen-bond acceptors (Lipinski definition) is 6. The van der Waals surface area contributed by atoms with Crippen LogP contribution in [0, 0.1) is 5.82 Å². The third-order valence-electron chi connectivity index (χ3n) is 3.29. The smallest absolute Gasteiger partial charge is 0.341 e. The second-order valence-electron chi connectivity index (χ2n) is 4.91. The number of carbonyl (C=O) groups excluding carboxylic acids is 1. The summed E-state index contributed by atoms with van der Waals surface area (Å²) in [4.78, 5) is 16.1. The first-order valence-corrected chi connectivity index (χ1v) is 7.54. The highest BCUT2D eigenvalue weighted by molar-refractivity contribution is 6.30. The molecule has 3 aromatic rings. The van der Waals surface area contributed by atoms with E-state index in [1.807, 2.05) is 6.07 Å². The number of nitrogens with zero attached hydrogens (tertiary/aromatic N) is 2. The molecule has 2 aromatic carbocycles. The predicted octanol–water partition coefficient (Wildman–Crippen LogP) is 3.89. The van der Waals surface area contributed by atoms with Gasteiger partial charge in [0.05, 0.1) is 18.2 Å². The Morgan fingerprint density at radius 2 is 2.08 bits per heavy atom. The SMILES string of the molecule is COc1ccccc1-c1noc(COC(=O)c2cc(Cl)ccc2F)n1. The average Bonchev–Trinajstić information content (AvgIpc) is 3.10. The maximum Gasteiger partial charge on any atom is 0.341 e. The maximum absolute atomic E-state index is 13.6. The first-order chi connectivity index (χ1) is 12.1. The lowest BCUT2D eigenvalue weighted by Crippen LogP contribution is -2.07. The van der Waals surface area contributed by atoms with E-state index >= 15 is 0 Å². The lowest BCUT2D eigenvalue weighted by atomic mass is 10.2. The van der Waals surface area contributed by atoms with Crippen molar-refractivity contribution in [3.8, 4) is 17.1 Å². The molecular weight excluding hydrogens is 351 g/mol. The van der Waals surface area contributed by atoms with Crippen molar-refractivity contribution in [1.82, 2.24) is 10.1 Å². The molecule has 128 valence electrons. The molecule has 0 saturated carbocycles. The van der Waals surface area contributed by atoms with E-state index in [9.17, 15) is 9.18 Å². The van der Waals surface area contributed by atoms with Crippen LogP contribution in [0.15, 0.2) is 47.0 Å². The van der Waals surface area contributed by atoms with Crippen LogP contribution in [-0.2, 0) is 11.3 Å². The summed E-state index contributed by atoms with van der Waals surface area (Å²) in [5, 5.41) is 4.05. The van der Waals surface area contributed by atoms with E-state index in [-0.39, 0.29) is 28.9 Å². The van der Waals surface area contributed by atoms with Gasteiger partial charge in [-0.2, -0.15) is 4.98 Å². The second-order valence-corrected chi connectivity index (χ2v) is 5.35. The number of hydrogen-bond donors (Lipinski definition) is 0. The van der Waals surface area contributed by atoms with Gasteiger partial charge >= 0.3 is 5.97 Å². The molecule has 0 N–H and O–H groups in total. The number of halogens is 2. The first kappa shape index (κ1) is 16.9. The molecule has 0 aliphatic heterocycles. The molecule has 0 aliphatic rings. The van der Waals surface area contributed by atoms with Gasteiger partial charge in [0.25, 0.3) is 5.89 Å². The lowest BCUT2D eigenvalue weighted by molar-refractivity contribution is 0.0424. The summed E-state index contributed by atoms with van der Waals surface area (Å²) in [6.45, 7) is -0.299. The molecule has 0 unspecified atom stereocenters. The Hall–Kier alpha value is -2.93. The molecular formula is C17H12ClFN2O4. The van der Waals surface area contributed by atoms with E-state index in [1.165, 1.54) is 19.2 Å². The minimum Gasteiger partial charge on any atom is -0.496 e. The van der Waals surface area contributed by atoms with E-state index in [2.05, 4.69) is 10.1 Å². The van der Waals surface area contributed by atoms with Gasteiger partial charge < -0.3 is 14.0 Å². The van der Waals surface area contributed by atoms with Gasteiger partial charge in [-0.15, -0.1) is 0 Å². The number of rotatable bonds is 5. The Labute approximate surface area is 147 Å². The van der Waals surface area contributed by atoms with Gasteiger partial charge in [-0.05, 0) is 30.3 Å². The fourth-order valence-corrected chi connectivity index (χ4v) is 2.28. The maximum atomic E-state index is 13.6. The van der Waals surface area contributed by atoms with E-state index < -0.39 is 11.8 Å². The third-order valence-corrected chi connectivity index (χ3v) is 3.53. The van der Waals surface area contributed by atoms with Crippen LogP contribution in [0.4, 0.5) is 4.39 Å². The molecule has 6 nitrogen and oxygen atoms in total. The number of esters is 1. The van der Waals surface area contributed by atoms with Crippen molar-refractivity contribution in [2.24, 2.45) is 0 Å². The van der Waals surface area contributed by atoms with Crippen molar-refractivity contribution in [2.75, 3.05) is 7.11 Å². The van der Waals surface area contributed by atoms with E-state index in [1.54, 1.807) is 18.2 Å². The molecule has 1 heterocycles. The second kappa shape index (κ2) is 7.31. The molecule has 0 atom stereocenters. The standard InChI is InChI=1S/C17H12ClFN2O4/c1-23-14-5-3-2-4-11(14)16-20-15(25-21-16)9-24-17(22)12-8-10(18)6-7-13(12)19/h2-8H,9H2,1H3. The zero-order chi connectivity index (χ0) is 17.8. The fourth-order valence-electron chi connectivity index (χ4n) is 2.11. The van der Waals surface area contributed by atoms with Gasteiger partial charge in [0.15, 0.2) is 6.61 Å². The van der Waals surface area contributed by atoms with Crippen LogP contribution in [-0.4, -0.2) is 23.2 Å². The lowest BCUT2D eigenvalue weighted by Gasteiger charge is -2.04. The third kappa shape index (κ3) is 3.77. The van der Waals surface area contributed by atoms with E-state index in [4.69, 9.17) is 25.6 Å². The van der Waals surface area contributed by atoms with Crippen molar-refractivity contribution in [3.63, 3.8) is 0 Å². The summed E-state index contributed by atoms with van der Waals surface area (Å²) in [5.74, 6) is -0.673. The highest BCUT2D eigenvalue weighted by Crippen LogP contribution is 2.27. The number of aromatic nitrogens is 2. The normalized spacial score (nSPS) is 10.5. The average molecular weight is 363 g/mol. The number of para-hydroxylation sites is 1. The molecule has 8 heteroatoms. The molecule has 0 saturated heterocycles. The molecule has 0 radical (unpaired) electrons. The minimum atomic E-state index is -0.878. The van der Waals surface area contributed by atoms with Crippen LogP contribution in [0.2, 0.25) is 5.02 Å². The summed E-state index contributed by atoms with van der Waals surface area (Å²) in [6.07, 6.45) is 0. The monoisotopic (exact) mass is 362 g/mol. The van der Waals surface area contributed by atoms with E-state index in [0.29, 0.717) is 11.3 Å². The van der Waals surface area contributed by atoms with Gasteiger partial charge in [0.1, 0.15) is 11.6 Å². The quantitative estimate of drug-likeness (QED) is 0.641. The molecule has 25 heavy (non-hydrogen) atoms. The van der Waals surface area contributed by atoms with Crippen LogP contribution in [0.5, 0.6) is 5.75 Å². The minimum absolute atomic E-state index is 0.0664. The predicted molar refractivity (Wildman–Crippen MR) is 86.8 cm³/mol. The molecule has 3 rings (SSSR count). The topological polar surface area (TPSA) is 74.5 Å². The highest BCUT2D eigenvalue weighted by atomic mass is 35.5. The van der Waals surface area contributed by atoms with Gasteiger partial charge in [-0.25, -0.2) is 9.18 Å². The molecule has 0 amide bonds. The highest BCUT2D eigenvalue weighted by Gasteiger charge is 2.17. The first-order valence-electron chi connectivity index (χ1n) is 7.16. The van der Waals surface area contributed by atoms with Crippen LogP contribution in [0.1, 0.15) is 16.2 Å². The summed E-state index contributed by atoms with van der Waals surface area (Å²) >= 11 is 5.75. The number of benzene rings is 2. The summed E-state index contributed by atoms with van der Waals surface area (Å²) in [5.41, 5.74) is 0.365. The van der Waals surface area contributed by atoms with E-state index in [0.717, 1.165) is 6.07 Å². The molecule has 0 fully saturated rings. The summed E-state index contributed by atoms with van der Waals surface area (Å²) < 4.78 is 28.9. The molecule has 0 bridgehead atoms. The zero-order valence-corrected chi connectivity index (χ0v) is 13.8. The van der Waals surface area contributed by atoms with Crippen LogP contribution in [0.25, 0.3) is 11.4 Å². The van der Waals surface area contributed by atoms with Crippen molar-refractivity contribution < 1.29 is 23.2 Å². The number of carbonyl (C=O) groups is 1. The van der Waals surface area contributed by atoms with Gasteiger partial charge in [0.2, 0.25) is 5.82 Å². The Bertz CT molecular complexity index is 913. The van der Waals surface area contributed by atoms with Crippen LogP contribution < -0.4 is 4.74 Å². The Balaban J connectivity index is 1.72. The zero-order valence-electron chi connectivity index (χ0n) is 13.0. The Morgan fingerprint density at radius 3 is 2.88 bits per heavy atom. The van der Waals surface area contributed by atoms with Crippen molar-refractivity contribution in [1.29, 1.82) is 0 Å². The Morgan fingerprint density at radius 1 is 1.28 bits per heavy atom. The van der Waals surface area contributed by atoms with Gasteiger partial charge in [0, 0.05) is 5.02 Å². The van der Waals surface area contributed by atoms with Crippen molar-refractivity contribution >= 4 is 17.6 Å². The number of ether oxygens (including phenoxy) is 2. The molecule has 0 aliphatic carbocycles. The van der Waals surface area contributed by atoms with Crippen LogP contribution in [0.3, 0.4) is 0 Å². The number of methoxy groups -OCH3 is 1. The van der Waals surface area contributed by atoms with Crippen molar-refractivity contribution in [2.45, 2.75) is 6.61 Å². The Kier molecular flexibility index (Phi) is 4.95. The van der Waals surface area contributed by atoms with Crippen LogP contribution >= 0.6 is 11.6 Å². The molecule has 1 aromatic heterocycles. The summed E-state index contributed by atoms with van der Waals surface area (Å²) in [7, 11) is 1.53. The largest absolute Gasteiger partial charge is 0.496 e. The van der Waals surface area contributed by atoms with Gasteiger partial charge in [-0.1, -0.05) is 28.9 Å². The fraction of sp³-hybridized carbons (Fsp3) is 0.118. The van der Waals surface area contributed by atoms with Crippen molar-refractivity contribution in [3.05, 3.63) is 64.8 Å². The van der Waals surface area contributed by atoms with Gasteiger partial charge in [-0.3, -0.25) is 0 Å².